The molecule has 3 fully saturated rings. The first-order valence-electron chi connectivity index (χ1n) is 11.3. The van der Waals surface area contributed by atoms with Crippen molar-refractivity contribution in [2.24, 2.45) is 4.99 Å². The van der Waals surface area contributed by atoms with Crippen LogP contribution in [0, 0.1) is 0 Å². The molecule has 0 spiro atoms. The molecule has 31 heavy (non-hydrogen) atoms. The van der Waals surface area contributed by atoms with Crippen LogP contribution in [0.5, 0.6) is 0 Å². The lowest BCUT2D eigenvalue weighted by Crippen LogP contribution is -2.53. The first-order chi connectivity index (χ1) is 14.7. The zero-order chi connectivity index (χ0) is 20.8. The maximum atomic E-state index is 11.9. The molecule has 7 nitrogen and oxygen atoms in total. The van der Waals surface area contributed by atoms with E-state index in [9.17, 15) is 4.79 Å². The quantitative estimate of drug-likeness (QED) is 0.341. The third kappa shape index (κ3) is 6.55. The molecule has 3 aliphatic rings. The molecule has 3 saturated heterocycles. The van der Waals surface area contributed by atoms with E-state index in [4.69, 9.17) is 14.5 Å². The predicted octanol–water partition coefficient (Wildman–Crippen LogP) is 2.77. The molecule has 2 unspecified atom stereocenters. The number of hydrogen-bond acceptors (Lipinski definition) is 4. The van der Waals surface area contributed by atoms with Crippen LogP contribution in [0.15, 0.2) is 29.3 Å². The molecular weight excluding hydrogens is 507 g/mol. The van der Waals surface area contributed by atoms with Gasteiger partial charge in [-0.2, -0.15) is 0 Å². The van der Waals surface area contributed by atoms with Crippen molar-refractivity contribution in [2.45, 2.75) is 57.9 Å². The van der Waals surface area contributed by atoms with Gasteiger partial charge >= 0.3 is 0 Å². The zero-order valence-electron chi connectivity index (χ0n) is 18.4. The van der Waals surface area contributed by atoms with Gasteiger partial charge in [0.15, 0.2) is 5.96 Å². The van der Waals surface area contributed by atoms with E-state index < -0.39 is 0 Å². The van der Waals surface area contributed by atoms with Gasteiger partial charge in [-0.25, -0.2) is 4.99 Å². The van der Waals surface area contributed by atoms with Crippen LogP contribution in [0.1, 0.15) is 43.7 Å². The normalized spacial score (nSPS) is 24.4. The number of morpholine rings is 1. The van der Waals surface area contributed by atoms with Crippen molar-refractivity contribution in [1.29, 1.82) is 0 Å². The number of aliphatic imine (C=N–C) groups is 1. The lowest BCUT2D eigenvalue weighted by Gasteiger charge is -2.37. The molecule has 3 heterocycles. The number of benzene rings is 1. The molecule has 4 rings (SSSR count). The van der Waals surface area contributed by atoms with Gasteiger partial charge < -0.3 is 24.6 Å². The SMILES string of the molecule is CCNC(=NCc1cccc(CN2CCCC2=O)c1)N1CCOC(C2CCCO2)C1.I. The summed E-state index contributed by atoms with van der Waals surface area (Å²) in [6, 6.07) is 8.44. The third-order valence-corrected chi connectivity index (χ3v) is 6.06. The van der Waals surface area contributed by atoms with Gasteiger partial charge in [0.25, 0.3) is 0 Å². The van der Waals surface area contributed by atoms with Gasteiger partial charge in [-0.05, 0) is 37.3 Å². The molecular formula is C23H35IN4O3. The lowest BCUT2D eigenvalue weighted by atomic mass is 10.1. The van der Waals surface area contributed by atoms with E-state index in [2.05, 4.69) is 41.4 Å². The molecule has 1 amide bonds. The number of carbonyl (C=O) groups is 1. The van der Waals surface area contributed by atoms with Crippen LogP contribution in [0.2, 0.25) is 0 Å². The highest BCUT2D eigenvalue weighted by atomic mass is 127. The fourth-order valence-electron chi connectivity index (χ4n) is 4.50. The second-order valence-electron chi connectivity index (χ2n) is 8.32. The third-order valence-electron chi connectivity index (χ3n) is 6.06. The summed E-state index contributed by atoms with van der Waals surface area (Å²) >= 11 is 0. The summed E-state index contributed by atoms with van der Waals surface area (Å²) in [6.45, 7) is 8.31. The van der Waals surface area contributed by atoms with Crippen molar-refractivity contribution in [2.75, 3.05) is 39.4 Å². The summed E-state index contributed by atoms with van der Waals surface area (Å²) in [6.07, 6.45) is 4.19. The maximum absolute atomic E-state index is 11.9. The van der Waals surface area contributed by atoms with Crippen LogP contribution >= 0.6 is 24.0 Å². The number of guanidine groups is 1. The van der Waals surface area contributed by atoms with Gasteiger partial charge in [-0.1, -0.05) is 24.3 Å². The Morgan fingerprint density at radius 2 is 2.00 bits per heavy atom. The van der Waals surface area contributed by atoms with Crippen molar-refractivity contribution in [3.63, 3.8) is 0 Å². The molecule has 3 aliphatic heterocycles. The summed E-state index contributed by atoms with van der Waals surface area (Å²) in [7, 11) is 0. The molecule has 0 saturated carbocycles. The summed E-state index contributed by atoms with van der Waals surface area (Å²) in [5, 5.41) is 3.44. The van der Waals surface area contributed by atoms with Crippen LogP contribution < -0.4 is 5.32 Å². The minimum absolute atomic E-state index is 0. The highest BCUT2D eigenvalue weighted by molar-refractivity contribution is 14.0. The van der Waals surface area contributed by atoms with Crippen LogP contribution in [0.25, 0.3) is 0 Å². The molecule has 0 aromatic heterocycles. The number of halogens is 1. The van der Waals surface area contributed by atoms with Crippen molar-refractivity contribution in [1.82, 2.24) is 15.1 Å². The fourth-order valence-corrected chi connectivity index (χ4v) is 4.50. The van der Waals surface area contributed by atoms with Crippen molar-refractivity contribution in [3.05, 3.63) is 35.4 Å². The molecule has 1 N–H and O–H groups in total. The second kappa shape index (κ2) is 12.0. The van der Waals surface area contributed by atoms with Gasteiger partial charge in [0.1, 0.15) is 6.10 Å². The largest absolute Gasteiger partial charge is 0.375 e. The highest BCUT2D eigenvalue weighted by Crippen LogP contribution is 2.21. The van der Waals surface area contributed by atoms with Gasteiger partial charge in [-0.15, -0.1) is 24.0 Å². The molecule has 0 aliphatic carbocycles. The van der Waals surface area contributed by atoms with Crippen LogP contribution in [0.4, 0.5) is 0 Å². The minimum atomic E-state index is 0. The van der Waals surface area contributed by atoms with Crippen LogP contribution in [-0.4, -0.2) is 73.3 Å². The zero-order valence-corrected chi connectivity index (χ0v) is 20.8. The number of nitrogens with one attached hydrogen (secondary N) is 1. The van der Waals surface area contributed by atoms with Crippen molar-refractivity contribution >= 4 is 35.8 Å². The predicted molar refractivity (Wildman–Crippen MR) is 132 cm³/mol. The number of carbonyl (C=O) groups excluding carboxylic acids is 1. The Morgan fingerprint density at radius 1 is 1.16 bits per heavy atom. The molecule has 2 atom stereocenters. The lowest BCUT2D eigenvalue weighted by molar-refractivity contribution is -0.128. The average molecular weight is 542 g/mol. The minimum Gasteiger partial charge on any atom is -0.375 e. The van der Waals surface area contributed by atoms with E-state index in [1.54, 1.807) is 0 Å². The maximum Gasteiger partial charge on any atom is 0.222 e. The monoisotopic (exact) mass is 542 g/mol. The van der Waals surface area contributed by atoms with Gasteiger partial charge in [-0.3, -0.25) is 4.79 Å². The van der Waals surface area contributed by atoms with Gasteiger partial charge in [0.05, 0.1) is 19.3 Å². The number of amides is 1. The molecule has 1 aromatic rings. The fraction of sp³-hybridized carbons (Fsp3) is 0.652. The van der Waals surface area contributed by atoms with Crippen LogP contribution in [0.3, 0.4) is 0 Å². The molecule has 0 radical (unpaired) electrons. The van der Waals surface area contributed by atoms with Crippen molar-refractivity contribution in [3.8, 4) is 0 Å². The van der Waals surface area contributed by atoms with E-state index in [-0.39, 0.29) is 42.1 Å². The number of rotatable bonds is 6. The van der Waals surface area contributed by atoms with E-state index in [0.29, 0.717) is 26.1 Å². The summed E-state index contributed by atoms with van der Waals surface area (Å²) in [5.41, 5.74) is 2.34. The number of nitrogens with zero attached hydrogens (tertiary/aromatic N) is 3. The molecule has 0 bridgehead atoms. The Hall–Kier alpha value is -1.39. The van der Waals surface area contributed by atoms with Gasteiger partial charge in [0.2, 0.25) is 5.91 Å². The Morgan fingerprint density at radius 3 is 2.74 bits per heavy atom. The number of likely N-dealkylation sites (tertiary alicyclic amines) is 1. The summed E-state index contributed by atoms with van der Waals surface area (Å²) < 4.78 is 11.8. The molecule has 8 heteroatoms. The van der Waals surface area contributed by atoms with E-state index in [0.717, 1.165) is 58.0 Å². The summed E-state index contributed by atoms with van der Waals surface area (Å²) in [5.74, 6) is 1.20. The number of ether oxygens (including phenoxy) is 2. The van der Waals surface area contributed by atoms with Crippen LogP contribution in [-0.2, 0) is 27.4 Å². The smallest absolute Gasteiger partial charge is 0.222 e. The van der Waals surface area contributed by atoms with E-state index in [1.165, 1.54) is 11.1 Å². The first kappa shape index (κ1) is 24.3. The molecule has 172 valence electrons. The Bertz CT molecular complexity index is 754. The van der Waals surface area contributed by atoms with Crippen molar-refractivity contribution < 1.29 is 14.3 Å². The van der Waals surface area contributed by atoms with Gasteiger partial charge in [0, 0.05) is 45.8 Å². The highest BCUT2D eigenvalue weighted by Gasteiger charge is 2.32. The molecule has 1 aromatic carbocycles. The Balaban J connectivity index is 0.00000272. The standard InChI is InChI=1S/C23H34N4O3.HI/c1-2-24-23(27-11-13-30-21(17-27)20-8-5-12-29-20)25-15-18-6-3-7-19(14-18)16-26-10-4-9-22(26)28;/h3,6-7,14,20-21H,2,4-5,8-13,15-17H2,1H3,(H,24,25);1H. The topological polar surface area (TPSA) is 66.4 Å². The first-order valence-corrected chi connectivity index (χ1v) is 11.3. The Labute approximate surface area is 202 Å². The average Bonchev–Trinajstić information content (AvgIpc) is 3.44. The Kier molecular flexibility index (Phi) is 9.40. The van der Waals surface area contributed by atoms with E-state index >= 15 is 0 Å². The summed E-state index contributed by atoms with van der Waals surface area (Å²) in [4.78, 5) is 21.1. The number of hydrogen-bond donors (Lipinski definition) is 1. The second-order valence-corrected chi connectivity index (χ2v) is 8.32. The van der Waals surface area contributed by atoms with E-state index in [1.807, 2.05) is 4.90 Å².